The molecule has 16 heavy (non-hydrogen) atoms. The lowest BCUT2D eigenvalue weighted by Crippen LogP contribution is -2.51. The summed E-state index contributed by atoms with van der Waals surface area (Å²) in [5.74, 6) is 0. The molecule has 0 aromatic heterocycles. The number of hydrogen-bond acceptors (Lipinski definition) is 5. The molecule has 2 atom stereocenters. The van der Waals surface area contributed by atoms with Gasteiger partial charge in [0.05, 0.1) is 11.9 Å². The van der Waals surface area contributed by atoms with Crippen LogP contribution >= 0.6 is 0 Å². The van der Waals surface area contributed by atoms with Gasteiger partial charge in [-0.15, -0.1) is 0 Å². The van der Waals surface area contributed by atoms with E-state index in [0.717, 1.165) is 0 Å². The molecule has 0 aliphatic carbocycles. The Kier molecular flexibility index (Phi) is 3.84. The summed E-state index contributed by atoms with van der Waals surface area (Å²) in [4.78, 5) is 0. The molecule has 2 N–H and O–H groups in total. The van der Waals surface area contributed by atoms with Gasteiger partial charge in [0.25, 0.3) is 0 Å². The van der Waals surface area contributed by atoms with Crippen LogP contribution < -0.4 is 5.73 Å². The Morgan fingerprint density at radius 3 is 2.25 bits per heavy atom. The SMILES string of the molecule is NC1CCOCC1S(=O)(=O)C1CCOCC1. The molecule has 0 radical (unpaired) electrons. The van der Waals surface area contributed by atoms with Crippen molar-refractivity contribution in [2.45, 2.75) is 35.8 Å². The summed E-state index contributed by atoms with van der Waals surface area (Å²) in [5.41, 5.74) is 5.88. The highest BCUT2D eigenvalue weighted by molar-refractivity contribution is 7.92. The lowest BCUT2D eigenvalue weighted by molar-refractivity contribution is 0.0846. The van der Waals surface area contributed by atoms with Crippen molar-refractivity contribution >= 4 is 9.84 Å². The highest BCUT2D eigenvalue weighted by Crippen LogP contribution is 2.24. The van der Waals surface area contributed by atoms with Crippen LogP contribution in [0, 0.1) is 0 Å². The van der Waals surface area contributed by atoms with Gasteiger partial charge >= 0.3 is 0 Å². The monoisotopic (exact) mass is 249 g/mol. The zero-order chi connectivity index (χ0) is 11.6. The lowest BCUT2D eigenvalue weighted by atomic mass is 10.1. The topological polar surface area (TPSA) is 78.6 Å². The van der Waals surface area contributed by atoms with Gasteiger partial charge in [0, 0.05) is 25.9 Å². The second-order valence-corrected chi connectivity index (χ2v) is 6.92. The predicted octanol–water partition coefficient (Wildman–Crippen LogP) is -0.304. The first-order valence-corrected chi connectivity index (χ1v) is 7.37. The van der Waals surface area contributed by atoms with Crippen molar-refractivity contribution in [1.82, 2.24) is 0 Å². The summed E-state index contributed by atoms with van der Waals surface area (Å²) in [6.07, 6.45) is 1.81. The third-order valence-corrected chi connectivity index (χ3v) is 6.14. The van der Waals surface area contributed by atoms with Gasteiger partial charge in [-0.3, -0.25) is 0 Å². The number of nitrogens with two attached hydrogens (primary N) is 1. The summed E-state index contributed by atoms with van der Waals surface area (Å²) < 4.78 is 35.1. The number of hydrogen-bond donors (Lipinski definition) is 1. The zero-order valence-corrected chi connectivity index (χ0v) is 10.1. The van der Waals surface area contributed by atoms with E-state index < -0.39 is 15.1 Å². The van der Waals surface area contributed by atoms with Crippen molar-refractivity contribution in [2.75, 3.05) is 26.4 Å². The van der Waals surface area contributed by atoms with E-state index in [1.54, 1.807) is 0 Å². The van der Waals surface area contributed by atoms with Crippen molar-refractivity contribution in [1.29, 1.82) is 0 Å². The summed E-state index contributed by atoms with van der Waals surface area (Å²) in [6.45, 7) is 1.89. The fourth-order valence-electron chi connectivity index (χ4n) is 2.32. The van der Waals surface area contributed by atoms with Crippen LogP contribution in [0.3, 0.4) is 0 Å². The lowest BCUT2D eigenvalue weighted by Gasteiger charge is -2.32. The second kappa shape index (κ2) is 5.00. The first kappa shape index (κ1) is 12.3. The van der Waals surface area contributed by atoms with E-state index in [0.29, 0.717) is 39.1 Å². The molecule has 0 saturated carbocycles. The summed E-state index contributed by atoms with van der Waals surface area (Å²) >= 11 is 0. The molecule has 5 nitrogen and oxygen atoms in total. The van der Waals surface area contributed by atoms with Crippen LogP contribution in [0.15, 0.2) is 0 Å². The fraction of sp³-hybridized carbons (Fsp3) is 1.00. The van der Waals surface area contributed by atoms with Crippen molar-refractivity contribution in [3.05, 3.63) is 0 Å². The Bertz CT molecular complexity index is 324. The molecule has 0 amide bonds. The molecule has 2 aliphatic heterocycles. The van der Waals surface area contributed by atoms with Crippen LogP contribution in [-0.4, -0.2) is 51.4 Å². The molecular weight excluding hydrogens is 230 g/mol. The highest BCUT2D eigenvalue weighted by Gasteiger charge is 2.39. The van der Waals surface area contributed by atoms with Crippen LogP contribution in [0.4, 0.5) is 0 Å². The maximum Gasteiger partial charge on any atom is 0.159 e. The van der Waals surface area contributed by atoms with Gasteiger partial charge in [0.15, 0.2) is 9.84 Å². The zero-order valence-electron chi connectivity index (χ0n) is 9.30. The molecule has 2 unspecified atom stereocenters. The Labute approximate surface area is 96.2 Å². The Balaban J connectivity index is 2.10. The summed E-state index contributed by atoms with van der Waals surface area (Å²) in [7, 11) is -3.16. The maximum atomic E-state index is 12.3. The molecule has 0 bridgehead atoms. The fourth-order valence-corrected chi connectivity index (χ4v) is 4.57. The first-order valence-electron chi connectivity index (χ1n) is 5.76. The molecule has 0 aromatic rings. The van der Waals surface area contributed by atoms with Crippen molar-refractivity contribution in [2.24, 2.45) is 5.73 Å². The van der Waals surface area contributed by atoms with Crippen LogP contribution in [-0.2, 0) is 19.3 Å². The van der Waals surface area contributed by atoms with E-state index in [2.05, 4.69) is 0 Å². The number of sulfone groups is 1. The summed E-state index contributed by atoms with van der Waals surface area (Å²) in [6, 6.07) is -0.276. The van der Waals surface area contributed by atoms with Crippen LogP contribution in [0.1, 0.15) is 19.3 Å². The third-order valence-electron chi connectivity index (χ3n) is 3.41. The smallest absolute Gasteiger partial charge is 0.159 e. The van der Waals surface area contributed by atoms with Gasteiger partial charge in [-0.2, -0.15) is 0 Å². The maximum absolute atomic E-state index is 12.3. The van der Waals surface area contributed by atoms with Crippen LogP contribution in [0.5, 0.6) is 0 Å². The van der Waals surface area contributed by atoms with Gasteiger partial charge < -0.3 is 15.2 Å². The second-order valence-electron chi connectivity index (χ2n) is 4.47. The molecule has 2 heterocycles. The number of ether oxygens (including phenoxy) is 2. The molecule has 2 rings (SSSR count). The molecular formula is C10H19NO4S. The third kappa shape index (κ3) is 2.40. The van der Waals surface area contributed by atoms with Gasteiger partial charge in [0.1, 0.15) is 5.25 Å². The predicted molar refractivity (Wildman–Crippen MR) is 60.0 cm³/mol. The molecule has 6 heteroatoms. The van der Waals surface area contributed by atoms with Gasteiger partial charge in [0.2, 0.25) is 0 Å². The quantitative estimate of drug-likeness (QED) is 0.726. The Morgan fingerprint density at radius 2 is 1.62 bits per heavy atom. The van der Waals surface area contributed by atoms with Crippen molar-refractivity contribution in [3.8, 4) is 0 Å². The molecule has 94 valence electrons. The Hall–Kier alpha value is -0.170. The standard InChI is InChI=1S/C10H19NO4S/c11-9-3-6-15-7-10(9)16(12,13)8-1-4-14-5-2-8/h8-10H,1-7,11H2. The van der Waals surface area contributed by atoms with E-state index in [1.165, 1.54) is 0 Å². The van der Waals surface area contributed by atoms with E-state index >= 15 is 0 Å². The van der Waals surface area contributed by atoms with Gasteiger partial charge in [-0.25, -0.2) is 8.42 Å². The minimum atomic E-state index is -3.16. The van der Waals surface area contributed by atoms with Gasteiger partial charge in [-0.1, -0.05) is 0 Å². The van der Waals surface area contributed by atoms with Crippen molar-refractivity contribution in [3.63, 3.8) is 0 Å². The molecule has 2 fully saturated rings. The molecule has 0 spiro atoms. The average Bonchev–Trinajstić information content (AvgIpc) is 2.30. The van der Waals surface area contributed by atoms with E-state index in [-0.39, 0.29) is 17.9 Å². The van der Waals surface area contributed by atoms with Gasteiger partial charge in [-0.05, 0) is 19.3 Å². The Morgan fingerprint density at radius 1 is 1.00 bits per heavy atom. The molecule has 2 saturated heterocycles. The van der Waals surface area contributed by atoms with E-state index in [1.807, 2.05) is 0 Å². The summed E-state index contributed by atoms with van der Waals surface area (Å²) in [5, 5.41) is -0.816. The number of rotatable bonds is 2. The largest absolute Gasteiger partial charge is 0.381 e. The molecule has 2 aliphatic rings. The first-order chi connectivity index (χ1) is 7.62. The minimum absolute atomic E-state index is 0.251. The van der Waals surface area contributed by atoms with Crippen molar-refractivity contribution < 1.29 is 17.9 Å². The molecule has 0 aromatic carbocycles. The highest BCUT2D eigenvalue weighted by atomic mass is 32.2. The minimum Gasteiger partial charge on any atom is -0.381 e. The van der Waals surface area contributed by atoms with Crippen LogP contribution in [0.2, 0.25) is 0 Å². The van der Waals surface area contributed by atoms with E-state index in [4.69, 9.17) is 15.2 Å². The normalized spacial score (nSPS) is 33.8. The van der Waals surface area contributed by atoms with Crippen LogP contribution in [0.25, 0.3) is 0 Å². The average molecular weight is 249 g/mol. The van der Waals surface area contributed by atoms with E-state index in [9.17, 15) is 8.42 Å².